The van der Waals surface area contributed by atoms with E-state index in [0.717, 1.165) is 42.5 Å². The van der Waals surface area contributed by atoms with E-state index in [9.17, 15) is 155 Å². The molecule has 19 rings (SSSR count). The fourth-order valence-electron chi connectivity index (χ4n) is 17.1. The minimum Gasteiger partial charge on any atom is -0.504 e. The Balaban J connectivity index is 0.000000155. The number of aromatic hydroxyl groups is 11. The first-order valence-corrected chi connectivity index (χ1v) is 44.7. The Labute approximate surface area is 830 Å². The number of phenols is 11. The third kappa shape index (κ3) is 26.1. The van der Waals surface area contributed by atoms with Gasteiger partial charge in [0.15, 0.2) is 133 Å². The summed E-state index contributed by atoms with van der Waals surface area (Å²) in [5.74, 6) is -11.9. The van der Waals surface area contributed by atoms with Gasteiger partial charge in [0, 0.05) is 107 Å². The monoisotopic (exact) mass is 2050 g/mol. The van der Waals surface area contributed by atoms with Crippen molar-refractivity contribution in [2.24, 2.45) is 0 Å². The van der Waals surface area contributed by atoms with Crippen molar-refractivity contribution in [1.82, 2.24) is 0 Å². The van der Waals surface area contributed by atoms with E-state index in [1.54, 1.807) is 30.3 Å². The van der Waals surface area contributed by atoms with Gasteiger partial charge >= 0.3 is 71.6 Å². The molecule has 10 bridgehead atoms. The van der Waals surface area contributed by atoms with Crippen LogP contribution >= 0.6 is 0 Å². The van der Waals surface area contributed by atoms with E-state index in [2.05, 4.69) is 0 Å². The summed E-state index contributed by atoms with van der Waals surface area (Å²) in [6, 6.07) is 29.4. The van der Waals surface area contributed by atoms with Crippen LogP contribution in [0.1, 0.15) is 103 Å². The van der Waals surface area contributed by atoms with Crippen molar-refractivity contribution in [2.45, 2.75) is 184 Å². The SMILES string of the molecule is COc1cc(/C=C/C(=O)OC2CC3(O)CC(OC3=O)C2O)ccc1O.COc1ccc(/C=C/C(=O)OC2C(O)CC3(O)CC2OC3=O)cc1O.COc1ccc(/C=C/C(=O)OC2CC3(O)CC(O)C2OC3=O)cc1O.O=C(/C=C/c1ccc(O)c(O)c1)OC1CC2(O)CC(OC(=O)/C=C/c3ccc(O)c(O)c3)C1OC2=O.O=C(/C=C/c1ccc(O)c(O)c1)OC1CC2(O)CC(OC2=O)C1OC(=O)/C=C/c1ccc(O)c(O)c1. The molecule has 46 heteroatoms. The molecule has 7 aromatic carbocycles. The van der Waals surface area contributed by atoms with E-state index < -0.39 is 191 Å². The van der Waals surface area contributed by atoms with Crippen molar-refractivity contribution in [2.75, 3.05) is 21.3 Å². The number of carbonyl (C=O) groups excluding carboxylic acids is 12. The molecule has 0 radical (unpaired) electrons. The molecule has 0 spiro atoms. The standard InChI is InChI=1S/2C25H22O11.3C17H18O8/c26-15-5-1-13(9-17(15)28)3-7-21(30)34-19-11-25(33)12-20(35-24(25)32)23(19)36-22(31)8-4-14-2-6-16(27)18(29)10-14;26-15-5-1-13(9-17(15)28)3-7-21(30)34-19-11-25(33)12-20(23(19)36-24(25)32)35-22(31)8-4-14-2-6-16(27)18(29)10-14;1-23-12-4-2-9(6-10(12)18)3-5-14(20)25-15-11(19)7-17(22)8-13(15)24-16(17)21;1-23-12-4-2-9(6-10(12)18)3-5-14(20)24-13-8-17(22)7-11(19)15(13)25-16(17)21;1-23-11-6-9(2-4-10(11)18)3-5-14(19)24-12-7-17(22)8-13(15(12)20)25-16(17)21/h2*1-10,19-20,23,26-29,33H,11-12H2;2*2-6,11,13,15,18-19,22H,7-8H2,1H3;2-6,12-13,15,18,20,22H,7-8H2,1H3/b2*7-3+,8-4+;3*5-3+. The van der Waals surface area contributed by atoms with Crippen molar-refractivity contribution >= 4 is 114 Å². The van der Waals surface area contributed by atoms with Gasteiger partial charge in [-0.1, -0.05) is 42.5 Å². The molecular weight excluding hydrogens is 1950 g/mol. The Morgan fingerprint density at radius 1 is 0.259 bits per heavy atom. The highest BCUT2D eigenvalue weighted by Crippen LogP contribution is 2.47. The van der Waals surface area contributed by atoms with Crippen LogP contribution in [0.5, 0.6) is 80.5 Å². The highest BCUT2D eigenvalue weighted by molar-refractivity contribution is 5.94. The van der Waals surface area contributed by atoms with E-state index in [1.165, 1.54) is 161 Å². The molecule has 5 saturated carbocycles. The minimum atomic E-state index is -2.01. The van der Waals surface area contributed by atoms with E-state index in [-0.39, 0.29) is 133 Å². The molecule has 19 N–H and O–H groups in total. The number of aliphatic hydroxyl groups excluding tert-OH is 3. The molecule has 18 unspecified atom stereocenters. The van der Waals surface area contributed by atoms with Crippen LogP contribution in [0.25, 0.3) is 42.5 Å². The number of hydrogen-bond donors (Lipinski definition) is 19. The molecule has 7 aromatic rings. The van der Waals surface area contributed by atoms with Gasteiger partial charge in [-0.25, -0.2) is 57.5 Å². The van der Waals surface area contributed by atoms with Gasteiger partial charge in [0.1, 0.15) is 54.9 Å². The highest BCUT2D eigenvalue weighted by Gasteiger charge is 2.64. The quantitative estimate of drug-likeness (QED) is 0.0178. The first kappa shape index (κ1) is 108. The summed E-state index contributed by atoms with van der Waals surface area (Å²) in [5, 5.41) is 186. The van der Waals surface area contributed by atoms with Crippen molar-refractivity contribution in [3.8, 4) is 80.5 Å². The lowest BCUT2D eigenvalue weighted by Crippen LogP contribution is -2.65. The summed E-state index contributed by atoms with van der Waals surface area (Å²) < 4.78 is 77.0. The van der Waals surface area contributed by atoms with Gasteiger partial charge in [0.2, 0.25) is 0 Å². The maximum atomic E-state index is 12.5. The number of esters is 12. The van der Waals surface area contributed by atoms with Crippen molar-refractivity contribution in [3.05, 3.63) is 209 Å². The number of phenolic OH excluding ortho intramolecular Hbond substituents is 11. The topological polar surface area (TPSA) is 728 Å². The van der Waals surface area contributed by atoms with Gasteiger partial charge in [-0.05, 0) is 166 Å². The second-order valence-electron chi connectivity index (χ2n) is 35.2. The molecule has 7 heterocycles. The van der Waals surface area contributed by atoms with E-state index in [1.807, 2.05) is 0 Å². The molecule has 147 heavy (non-hydrogen) atoms. The average molecular weight is 2050 g/mol. The summed E-state index contributed by atoms with van der Waals surface area (Å²) in [4.78, 5) is 144. The molecule has 0 amide bonds. The molecule has 7 saturated heterocycles. The van der Waals surface area contributed by atoms with E-state index in [4.69, 9.17) is 71.1 Å². The van der Waals surface area contributed by atoms with E-state index in [0.29, 0.717) is 50.4 Å². The molecule has 46 nitrogen and oxygen atoms in total. The number of methoxy groups -OCH3 is 3. The fraction of sp³-hybridized carbons (Fsp3) is 0.327. The predicted octanol–water partition coefficient (Wildman–Crippen LogP) is 3.43. The maximum absolute atomic E-state index is 12.5. The van der Waals surface area contributed by atoms with Crippen LogP contribution in [0.2, 0.25) is 0 Å². The molecule has 778 valence electrons. The van der Waals surface area contributed by atoms with Crippen LogP contribution in [0.4, 0.5) is 0 Å². The van der Waals surface area contributed by atoms with Gasteiger partial charge in [-0.2, -0.15) is 0 Å². The predicted molar refractivity (Wildman–Crippen MR) is 494 cm³/mol. The molecular formula is C101H98O46. The van der Waals surface area contributed by atoms with E-state index >= 15 is 0 Å². The second-order valence-corrected chi connectivity index (χ2v) is 35.2. The second kappa shape index (κ2) is 45.0. The molecule has 18 atom stereocenters. The summed E-state index contributed by atoms with van der Waals surface area (Å²) in [7, 11) is 4.26. The van der Waals surface area contributed by atoms with Gasteiger partial charge in [0.05, 0.1) is 33.5 Å². The third-order valence-corrected chi connectivity index (χ3v) is 24.6. The van der Waals surface area contributed by atoms with Crippen LogP contribution in [0.15, 0.2) is 170 Å². The normalized spacial score (nSPS) is 28.1. The van der Waals surface area contributed by atoms with Crippen LogP contribution < -0.4 is 14.2 Å². The number of carbonyl (C=O) groups is 12. The number of fused-ring (bicyclic) bond motifs is 12. The van der Waals surface area contributed by atoms with Crippen molar-refractivity contribution in [3.63, 3.8) is 0 Å². The van der Waals surface area contributed by atoms with Crippen LogP contribution in [0, 0.1) is 0 Å². The summed E-state index contributed by atoms with van der Waals surface area (Å²) in [5.41, 5.74) is -5.89. The van der Waals surface area contributed by atoms with Gasteiger partial charge < -0.3 is 168 Å². The van der Waals surface area contributed by atoms with Crippen LogP contribution in [0.3, 0.4) is 0 Å². The Morgan fingerprint density at radius 3 is 0.864 bits per heavy atom. The summed E-state index contributed by atoms with van der Waals surface area (Å²) >= 11 is 0. The maximum Gasteiger partial charge on any atom is 0.338 e. The molecule has 12 aliphatic rings. The molecule has 5 aliphatic carbocycles. The lowest BCUT2D eigenvalue weighted by molar-refractivity contribution is -0.247. The minimum absolute atomic E-state index is 0.00973. The summed E-state index contributed by atoms with van der Waals surface area (Å²) in [6.07, 6.45) is -0.506. The number of rotatable bonds is 24. The zero-order valence-corrected chi connectivity index (χ0v) is 77.5. The van der Waals surface area contributed by atoms with Crippen LogP contribution in [-0.4, -0.2) is 310 Å². The first-order chi connectivity index (χ1) is 69.5. The summed E-state index contributed by atoms with van der Waals surface area (Å²) in [6.45, 7) is 0. The Morgan fingerprint density at radius 2 is 0.510 bits per heavy atom. The van der Waals surface area contributed by atoms with Crippen molar-refractivity contribution in [1.29, 1.82) is 0 Å². The van der Waals surface area contributed by atoms with Crippen molar-refractivity contribution < 1.29 is 226 Å². The largest absolute Gasteiger partial charge is 0.504 e. The first-order valence-electron chi connectivity index (χ1n) is 44.7. The van der Waals surface area contributed by atoms with Gasteiger partial charge in [-0.15, -0.1) is 0 Å². The number of ether oxygens (including phenoxy) is 15. The Hall–Kier alpha value is -16.8. The fourth-order valence-corrected chi connectivity index (χ4v) is 17.1. The third-order valence-electron chi connectivity index (χ3n) is 24.6. The Kier molecular flexibility index (Phi) is 32.9. The lowest BCUT2D eigenvalue weighted by atomic mass is 9.76. The zero-order chi connectivity index (χ0) is 107. The Bertz CT molecular complexity index is 6360. The lowest BCUT2D eigenvalue weighted by Gasteiger charge is -2.48. The highest BCUT2D eigenvalue weighted by atomic mass is 16.7. The number of aliphatic hydroxyl groups is 8. The van der Waals surface area contributed by atoms with Gasteiger partial charge in [0.25, 0.3) is 0 Å². The van der Waals surface area contributed by atoms with Gasteiger partial charge in [-0.3, -0.25) is 0 Å². The number of benzene rings is 7. The molecule has 0 aromatic heterocycles. The molecule has 12 fully saturated rings. The van der Waals surface area contributed by atoms with Crippen LogP contribution in [-0.2, 0) is 114 Å². The average Bonchev–Trinajstić information content (AvgIpc) is 1.63. The zero-order valence-electron chi connectivity index (χ0n) is 77.5. The smallest absolute Gasteiger partial charge is 0.338 e. The number of hydrogen-bond acceptors (Lipinski definition) is 46. The molecule has 7 aliphatic heterocycles.